The molecule has 0 fully saturated rings. The van der Waals surface area contributed by atoms with Crippen molar-refractivity contribution in [2.75, 3.05) is 20.3 Å². The van der Waals surface area contributed by atoms with Gasteiger partial charge in [-0.05, 0) is 36.1 Å². The Hall–Kier alpha value is -1.57. The first kappa shape index (κ1) is 16.3. The third-order valence-electron chi connectivity index (χ3n) is 3.76. The van der Waals surface area contributed by atoms with Crippen molar-refractivity contribution in [1.82, 2.24) is 4.31 Å². The minimum absolute atomic E-state index is 0.221. The monoisotopic (exact) mass is 353 g/mol. The van der Waals surface area contributed by atoms with Crippen LogP contribution in [0, 0.1) is 6.92 Å². The van der Waals surface area contributed by atoms with E-state index in [1.165, 1.54) is 4.31 Å². The smallest absolute Gasteiger partial charge is 0.243 e. The minimum Gasteiger partial charge on any atom is -0.490 e. The predicted molar refractivity (Wildman–Crippen MR) is 89.8 cm³/mol. The molecule has 2 aromatic rings. The molecule has 0 radical (unpaired) electrons. The number of benzene rings is 1. The van der Waals surface area contributed by atoms with Crippen LogP contribution in [-0.2, 0) is 16.6 Å². The Labute approximate surface area is 140 Å². The van der Waals surface area contributed by atoms with Gasteiger partial charge in [0, 0.05) is 31.0 Å². The molecule has 0 spiro atoms. The number of ether oxygens (including phenoxy) is 2. The summed E-state index contributed by atoms with van der Waals surface area (Å²) in [6, 6.07) is 6.78. The Morgan fingerprint density at radius 1 is 1.17 bits per heavy atom. The van der Waals surface area contributed by atoms with Crippen molar-refractivity contribution < 1.29 is 17.9 Å². The first-order chi connectivity index (χ1) is 11.0. The van der Waals surface area contributed by atoms with Crippen LogP contribution >= 0.6 is 11.3 Å². The lowest BCUT2D eigenvalue weighted by molar-refractivity contribution is 0.297. The average molecular weight is 353 g/mol. The summed E-state index contributed by atoms with van der Waals surface area (Å²) in [5.41, 5.74) is 1.11. The van der Waals surface area contributed by atoms with Crippen molar-refractivity contribution in [3.63, 3.8) is 0 Å². The minimum atomic E-state index is -3.57. The van der Waals surface area contributed by atoms with E-state index < -0.39 is 10.0 Å². The maximum atomic E-state index is 12.8. The van der Waals surface area contributed by atoms with Gasteiger partial charge in [-0.2, -0.15) is 4.31 Å². The maximum Gasteiger partial charge on any atom is 0.243 e. The maximum absolute atomic E-state index is 12.8. The van der Waals surface area contributed by atoms with E-state index in [4.69, 9.17) is 9.47 Å². The highest BCUT2D eigenvalue weighted by molar-refractivity contribution is 7.89. The molecule has 0 atom stereocenters. The van der Waals surface area contributed by atoms with Gasteiger partial charge in [0.2, 0.25) is 10.0 Å². The highest BCUT2D eigenvalue weighted by Crippen LogP contribution is 2.33. The van der Waals surface area contributed by atoms with Gasteiger partial charge in [-0.3, -0.25) is 0 Å². The summed E-state index contributed by atoms with van der Waals surface area (Å²) in [5, 5.41) is 1.97. The molecule has 0 saturated heterocycles. The fourth-order valence-corrected chi connectivity index (χ4v) is 4.53. The number of rotatable bonds is 4. The fourth-order valence-electron chi connectivity index (χ4n) is 2.34. The zero-order valence-electron chi connectivity index (χ0n) is 13.1. The molecule has 1 aromatic carbocycles. The van der Waals surface area contributed by atoms with Gasteiger partial charge in [0.05, 0.1) is 18.1 Å². The molecule has 0 amide bonds. The van der Waals surface area contributed by atoms with E-state index in [1.54, 1.807) is 36.6 Å². The van der Waals surface area contributed by atoms with Crippen LogP contribution in [0.3, 0.4) is 0 Å². The van der Waals surface area contributed by atoms with Crippen LogP contribution in [0.4, 0.5) is 0 Å². The highest BCUT2D eigenvalue weighted by Gasteiger charge is 2.24. The first-order valence-corrected chi connectivity index (χ1v) is 9.69. The number of sulfonamides is 1. The molecule has 2 heterocycles. The van der Waals surface area contributed by atoms with Crippen molar-refractivity contribution in [2.24, 2.45) is 0 Å². The molecule has 1 aliphatic rings. The van der Waals surface area contributed by atoms with E-state index in [1.807, 2.05) is 18.4 Å². The summed E-state index contributed by atoms with van der Waals surface area (Å²) in [6.07, 6.45) is 0.786. The van der Waals surface area contributed by atoms with Gasteiger partial charge < -0.3 is 9.47 Å². The van der Waals surface area contributed by atoms with Gasteiger partial charge >= 0.3 is 0 Å². The molecule has 124 valence electrons. The van der Waals surface area contributed by atoms with Crippen molar-refractivity contribution in [1.29, 1.82) is 0 Å². The molecular formula is C16H19NO4S2. The number of thiophene rings is 1. The fraction of sp³-hybridized carbons (Fsp3) is 0.375. The van der Waals surface area contributed by atoms with Crippen molar-refractivity contribution in [2.45, 2.75) is 24.8 Å². The standard InChI is InChI=1S/C16H19NO4S2/c1-12-6-9-22-16(12)11-17(2)23(18,19)13-4-5-14-15(10-13)21-8-3-7-20-14/h4-6,9-10H,3,7-8,11H2,1-2H3. The summed E-state index contributed by atoms with van der Waals surface area (Å²) >= 11 is 1.56. The van der Waals surface area contributed by atoms with Crippen LogP contribution in [0.25, 0.3) is 0 Å². The van der Waals surface area contributed by atoms with Gasteiger partial charge in [-0.25, -0.2) is 8.42 Å². The summed E-state index contributed by atoms with van der Waals surface area (Å²) < 4.78 is 38.0. The van der Waals surface area contributed by atoms with Crippen LogP contribution in [-0.4, -0.2) is 33.0 Å². The number of hydrogen-bond acceptors (Lipinski definition) is 5. The number of aryl methyl sites for hydroxylation is 1. The molecule has 0 bridgehead atoms. The predicted octanol–water partition coefficient (Wildman–Crippen LogP) is 3.04. The lowest BCUT2D eigenvalue weighted by Crippen LogP contribution is -2.26. The van der Waals surface area contributed by atoms with Crippen molar-refractivity contribution >= 4 is 21.4 Å². The number of hydrogen-bond donors (Lipinski definition) is 0. The highest BCUT2D eigenvalue weighted by atomic mass is 32.2. The zero-order valence-corrected chi connectivity index (χ0v) is 14.7. The number of nitrogens with zero attached hydrogens (tertiary/aromatic N) is 1. The SMILES string of the molecule is Cc1ccsc1CN(C)S(=O)(=O)c1ccc2c(c1)OCCCO2. The van der Waals surface area contributed by atoms with Gasteiger partial charge in [-0.15, -0.1) is 11.3 Å². The van der Waals surface area contributed by atoms with Crippen LogP contribution in [0.15, 0.2) is 34.5 Å². The van der Waals surface area contributed by atoms with E-state index in [-0.39, 0.29) is 4.90 Å². The normalized spacial score (nSPS) is 14.7. The Kier molecular flexibility index (Phi) is 4.61. The van der Waals surface area contributed by atoms with E-state index >= 15 is 0 Å². The molecule has 0 saturated carbocycles. The largest absolute Gasteiger partial charge is 0.490 e. The molecule has 3 rings (SSSR count). The summed E-state index contributed by atoms with van der Waals surface area (Å²) in [6.45, 7) is 3.46. The third kappa shape index (κ3) is 3.36. The summed E-state index contributed by atoms with van der Waals surface area (Å²) in [4.78, 5) is 1.27. The van der Waals surface area contributed by atoms with Gasteiger partial charge in [0.15, 0.2) is 11.5 Å². The molecule has 5 nitrogen and oxygen atoms in total. The van der Waals surface area contributed by atoms with Gasteiger partial charge in [0.1, 0.15) is 0 Å². The molecule has 1 aromatic heterocycles. The van der Waals surface area contributed by atoms with Gasteiger partial charge in [-0.1, -0.05) is 0 Å². The lowest BCUT2D eigenvalue weighted by Gasteiger charge is -2.18. The van der Waals surface area contributed by atoms with Crippen molar-refractivity contribution in [3.8, 4) is 11.5 Å². The summed E-state index contributed by atoms with van der Waals surface area (Å²) in [5.74, 6) is 1.09. The van der Waals surface area contributed by atoms with E-state index in [9.17, 15) is 8.42 Å². The van der Waals surface area contributed by atoms with Crippen LogP contribution < -0.4 is 9.47 Å². The van der Waals surface area contributed by atoms with Crippen LogP contribution in [0.5, 0.6) is 11.5 Å². The molecular weight excluding hydrogens is 334 g/mol. The Morgan fingerprint density at radius 3 is 2.61 bits per heavy atom. The molecule has 0 N–H and O–H groups in total. The van der Waals surface area contributed by atoms with E-state index in [0.29, 0.717) is 31.3 Å². The molecule has 0 aliphatic carbocycles. The second-order valence-electron chi connectivity index (χ2n) is 5.45. The Morgan fingerprint density at radius 2 is 1.91 bits per heavy atom. The topological polar surface area (TPSA) is 55.8 Å². The van der Waals surface area contributed by atoms with Crippen LogP contribution in [0.2, 0.25) is 0 Å². The summed E-state index contributed by atoms with van der Waals surface area (Å²) in [7, 11) is -1.98. The first-order valence-electron chi connectivity index (χ1n) is 7.37. The van der Waals surface area contributed by atoms with E-state index in [0.717, 1.165) is 16.9 Å². The average Bonchev–Trinajstić information content (AvgIpc) is 2.80. The number of fused-ring (bicyclic) bond motifs is 1. The zero-order chi connectivity index (χ0) is 16.4. The van der Waals surface area contributed by atoms with Crippen molar-refractivity contribution in [3.05, 3.63) is 40.1 Å². The van der Waals surface area contributed by atoms with E-state index in [2.05, 4.69) is 0 Å². The molecule has 0 unspecified atom stereocenters. The molecule has 23 heavy (non-hydrogen) atoms. The lowest BCUT2D eigenvalue weighted by atomic mass is 10.3. The third-order valence-corrected chi connectivity index (χ3v) is 6.57. The second kappa shape index (κ2) is 6.51. The van der Waals surface area contributed by atoms with Crippen LogP contribution in [0.1, 0.15) is 16.9 Å². The Balaban J connectivity index is 1.87. The van der Waals surface area contributed by atoms with Gasteiger partial charge in [0.25, 0.3) is 0 Å². The Bertz CT molecular complexity index is 798. The quantitative estimate of drug-likeness (QED) is 0.848. The second-order valence-corrected chi connectivity index (χ2v) is 8.49. The molecule has 1 aliphatic heterocycles. The molecule has 7 heteroatoms.